The number of ether oxygens (including phenoxy) is 5. The number of ketones is 2. The second-order valence-electron chi connectivity index (χ2n) is 21.4. The fraction of sp³-hybridized carbons (Fsp3) is 0.768. The van der Waals surface area contributed by atoms with Gasteiger partial charge in [0.25, 0.3) is 0 Å². The minimum Gasteiger partial charge on any atom is -0.456 e. The van der Waals surface area contributed by atoms with E-state index in [-0.39, 0.29) is 105 Å². The molecule has 0 aromatic heterocycles. The number of hydrogen-bond donors (Lipinski definition) is 3. The Morgan fingerprint density at radius 3 is 2.00 bits per heavy atom. The van der Waals surface area contributed by atoms with Crippen LogP contribution >= 0.6 is 0 Å². The van der Waals surface area contributed by atoms with Crippen LogP contribution in [0.1, 0.15) is 139 Å². The van der Waals surface area contributed by atoms with Gasteiger partial charge in [-0.05, 0) is 69.5 Å². The van der Waals surface area contributed by atoms with Crippen molar-refractivity contribution >= 4 is 41.4 Å². The number of aliphatic hydroxyl groups excluding tert-OH is 1. The molecule has 422 valence electrons. The Kier molecular flexibility index (Phi) is 29.1. The Bertz CT molecular complexity index is 1890. The molecule has 2 rings (SSSR count). The van der Waals surface area contributed by atoms with Crippen LogP contribution in [0, 0.1) is 41.4 Å². The van der Waals surface area contributed by atoms with Crippen LogP contribution < -0.4 is 10.6 Å². The van der Waals surface area contributed by atoms with E-state index in [2.05, 4.69) is 24.5 Å². The van der Waals surface area contributed by atoms with E-state index in [0.29, 0.717) is 18.5 Å². The van der Waals surface area contributed by atoms with Crippen LogP contribution in [0.4, 0.5) is 4.79 Å². The monoisotopic (exact) mass is 1050 g/mol. The summed E-state index contributed by atoms with van der Waals surface area (Å²) in [7, 11) is 8.50. The highest BCUT2D eigenvalue weighted by Crippen LogP contribution is 2.35. The minimum atomic E-state index is -1.05. The molecule has 13 atom stereocenters. The molecule has 0 aliphatic carbocycles. The summed E-state index contributed by atoms with van der Waals surface area (Å²) in [6.45, 7) is 21.1. The highest BCUT2D eigenvalue weighted by atomic mass is 16.7. The third kappa shape index (κ3) is 19.9. The predicted molar refractivity (Wildman–Crippen MR) is 283 cm³/mol. The number of likely N-dealkylation sites (N-methyl/N-ethyl adjacent to an activating group) is 2. The largest absolute Gasteiger partial charge is 0.456 e. The Hall–Kier alpha value is -4.49. The number of carbonyl (C=O) groups is 7. The number of nitrogens with one attached hydrogen (secondary N) is 2. The normalized spacial score (nSPS) is 18.8. The average Bonchev–Trinajstić information content (AvgIpc) is 3.86. The van der Waals surface area contributed by atoms with Crippen LogP contribution in [0.15, 0.2) is 30.3 Å². The van der Waals surface area contributed by atoms with Crippen molar-refractivity contribution in [3.8, 4) is 0 Å². The van der Waals surface area contributed by atoms with Gasteiger partial charge in [0.2, 0.25) is 17.7 Å². The second-order valence-corrected chi connectivity index (χ2v) is 21.4. The first-order valence-electron chi connectivity index (χ1n) is 26.9. The van der Waals surface area contributed by atoms with E-state index in [9.17, 15) is 38.7 Å². The van der Waals surface area contributed by atoms with Gasteiger partial charge in [0.1, 0.15) is 24.5 Å². The minimum absolute atomic E-state index is 0.0214. The Morgan fingerprint density at radius 1 is 0.811 bits per heavy atom. The Morgan fingerprint density at radius 2 is 1.46 bits per heavy atom. The number of Topliss-reactive ketones (excluding diaryl/α,β-unsaturated/α-hetero) is 2. The number of nitrogens with zero attached hydrogens (tertiary/aromatic N) is 3. The van der Waals surface area contributed by atoms with E-state index >= 15 is 0 Å². The number of esters is 1. The molecule has 0 spiro atoms. The SMILES string of the molecule is CCC(CO)OC(COC(=O)NCCC(=O)N[C@@H](C)C(=O)O[C@@H](c1ccccc1)[C@@H](C)CC(=O)[C@H](C)[C@@H](C)[C@@H]1CCCN1C(=O)C[C@@H](OC)[C@H]([C@@H](C)CC)N(C)C(=O)C(CC(=O)[C@H](C(C)C)N(C)C)C(C)C)OC. The maximum absolute atomic E-state index is 14.4. The zero-order chi connectivity index (χ0) is 56.0. The van der Waals surface area contributed by atoms with Gasteiger partial charge in [-0.25, -0.2) is 9.59 Å². The van der Waals surface area contributed by atoms with Crippen molar-refractivity contribution in [2.45, 2.75) is 176 Å². The second kappa shape index (κ2) is 32.8. The molecule has 1 aliphatic heterocycles. The number of methoxy groups -OCH3 is 2. The van der Waals surface area contributed by atoms with Gasteiger partial charge >= 0.3 is 12.1 Å². The van der Waals surface area contributed by atoms with Gasteiger partial charge in [-0.15, -0.1) is 0 Å². The van der Waals surface area contributed by atoms with Crippen LogP contribution in [0.2, 0.25) is 0 Å². The van der Waals surface area contributed by atoms with Gasteiger partial charge < -0.3 is 49.2 Å². The van der Waals surface area contributed by atoms with Crippen LogP contribution in [0.3, 0.4) is 0 Å². The van der Waals surface area contributed by atoms with Gasteiger partial charge in [-0.2, -0.15) is 0 Å². The van der Waals surface area contributed by atoms with Gasteiger partial charge in [0, 0.05) is 77.4 Å². The molecule has 0 saturated carbocycles. The van der Waals surface area contributed by atoms with Crippen molar-refractivity contribution in [3.63, 3.8) is 0 Å². The van der Waals surface area contributed by atoms with E-state index in [4.69, 9.17) is 23.7 Å². The fourth-order valence-electron chi connectivity index (χ4n) is 10.2. The number of rotatable bonds is 34. The third-order valence-corrected chi connectivity index (χ3v) is 15.0. The van der Waals surface area contributed by atoms with Crippen molar-refractivity contribution in [1.82, 2.24) is 25.3 Å². The molecule has 1 fully saturated rings. The summed E-state index contributed by atoms with van der Waals surface area (Å²) in [5.41, 5.74) is 0.686. The third-order valence-electron chi connectivity index (χ3n) is 15.0. The lowest BCUT2D eigenvalue weighted by Gasteiger charge is -2.41. The predicted octanol–water partition coefficient (Wildman–Crippen LogP) is 6.61. The number of likely N-dealkylation sites (tertiary alicyclic amines) is 1. The first kappa shape index (κ1) is 65.6. The smallest absolute Gasteiger partial charge is 0.407 e. The lowest BCUT2D eigenvalue weighted by atomic mass is 9.80. The molecule has 18 heteroatoms. The molecule has 4 amide bonds. The molecule has 1 aromatic rings. The quantitative estimate of drug-likeness (QED) is 0.0489. The zero-order valence-electron chi connectivity index (χ0n) is 47.7. The van der Waals surface area contributed by atoms with Crippen molar-refractivity contribution in [1.29, 1.82) is 0 Å². The number of benzene rings is 1. The van der Waals surface area contributed by atoms with Crippen LogP contribution in [-0.4, -0.2) is 165 Å². The van der Waals surface area contributed by atoms with Crippen molar-refractivity contribution in [2.24, 2.45) is 41.4 Å². The van der Waals surface area contributed by atoms with E-state index in [1.807, 2.05) is 110 Å². The van der Waals surface area contributed by atoms with Gasteiger partial charge in [0.15, 0.2) is 12.1 Å². The molecule has 3 N–H and O–H groups in total. The maximum Gasteiger partial charge on any atom is 0.407 e. The number of aliphatic hydroxyl groups is 1. The van der Waals surface area contributed by atoms with Gasteiger partial charge in [-0.1, -0.05) is 106 Å². The first-order valence-corrected chi connectivity index (χ1v) is 26.9. The Labute approximate surface area is 443 Å². The van der Waals surface area contributed by atoms with Gasteiger partial charge in [-0.3, -0.25) is 28.9 Å². The topological polar surface area (TPSA) is 220 Å². The molecule has 1 aromatic carbocycles. The molecular weight excluding hydrogens is 951 g/mol. The molecule has 74 heavy (non-hydrogen) atoms. The molecule has 18 nitrogen and oxygen atoms in total. The fourth-order valence-corrected chi connectivity index (χ4v) is 10.2. The lowest BCUT2D eigenvalue weighted by molar-refractivity contribution is -0.181. The first-order chi connectivity index (χ1) is 34.9. The summed E-state index contributed by atoms with van der Waals surface area (Å²) < 4.78 is 27.9. The highest BCUT2D eigenvalue weighted by Gasteiger charge is 2.42. The van der Waals surface area contributed by atoms with E-state index in [0.717, 1.165) is 19.3 Å². The zero-order valence-corrected chi connectivity index (χ0v) is 47.7. The summed E-state index contributed by atoms with van der Waals surface area (Å²) in [5.74, 6) is -3.14. The Balaban J connectivity index is 2.14. The van der Waals surface area contributed by atoms with Crippen molar-refractivity contribution < 1.29 is 62.4 Å². The molecule has 1 aliphatic rings. The van der Waals surface area contributed by atoms with E-state index in [1.165, 1.54) is 14.0 Å². The van der Waals surface area contributed by atoms with Crippen LogP contribution in [0.25, 0.3) is 0 Å². The lowest BCUT2D eigenvalue weighted by Crippen LogP contribution is -2.53. The average molecular weight is 1050 g/mol. The van der Waals surface area contributed by atoms with Crippen molar-refractivity contribution in [2.75, 3.05) is 61.7 Å². The van der Waals surface area contributed by atoms with Crippen LogP contribution in [-0.2, 0) is 52.5 Å². The number of amides is 4. The molecule has 0 bridgehead atoms. The molecule has 1 saturated heterocycles. The number of hydrogen-bond acceptors (Lipinski definition) is 14. The van der Waals surface area contributed by atoms with E-state index in [1.54, 1.807) is 19.1 Å². The summed E-state index contributed by atoms with van der Waals surface area (Å²) in [6, 6.07) is 7.11. The molecule has 0 radical (unpaired) electrons. The summed E-state index contributed by atoms with van der Waals surface area (Å²) in [6.07, 6.45) is -0.738. The molecule has 1 heterocycles. The maximum atomic E-state index is 14.4. The summed E-state index contributed by atoms with van der Waals surface area (Å²) >= 11 is 0. The van der Waals surface area contributed by atoms with Gasteiger partial charge in [0.05, 0.1) is 37.3 Å². The number of carbonyl (C=O) groups excluding carboxylic acids is 7. The van der Waals surface area contributed by atoms with E-state index < -0.39 is 72.4 Å². The standard InChI is InChI=1S/C56H95N5O13/c1-17-36(7)52(60(14)54(67)43(34(3)4)30-46(64)51(35(5)6)59(12)13)47(70-15)31-49(66)61-28-22-25-44(61)38(9)39(10)45(63)29-37(8)53(41-23-20-19-21-24-41)74-55(68)40(11)58-48(65)26-27-57-56(69)72-33-50(71-16)73-42(18-2)32-62/h19-21,23-24,34-40,42-44,47,50-53,62H,17-18,22,25-33H2,1-16H3,(H,57,69)(H,58,65)/t36-,37-,38+,39+,40-,42?,43?,44-,47+,50?,51-,52-,53+/m0/s1. The molecular formula is C56H95N5O13. The van der Waals surface area contributed by atoms with Crippen LogP contribution in [0.5, 0.6) is 0 Å². The summed E-state index contributed by atoms with van der Waals surface area (Å²) in [4.78, 5) is 101. The van der Waals surface area contributed by atoms with Crippen molar-refractivity contribution in [3.05, 3.63) is 35.9 Å². The molecule has 3 unspecified atom stereocenters. The highest BCUT2D eigenvalue weighted by molar-refractivity contribution is 5.90. The summed E-state index contributed by atoms with van der Waals surface area (Å²) in [5, 5.41) is 14.5. The number of alkyl carbamates (subject to hydrolysis) is 1.